The minimum absolute atomic E-state index is 0.105. The second kappa shape index (κ2) is 22.9. The van der Waals surface area contributed by atoms with Crippen molar-refractivity contribution in [2.24, 2.45) is 0 Å². The molecule has 2 aromatic heterocycles. The Kier molecular flexibility index (Phi) is 16.6. The fourth-order valence-corrected chi connectivity index (χ4v) is 9.77. The smallest absolute Gasteiger partial charge is 0.136 e. The van der Waals surface area contributed by atoms with Crippen molar-refractivity contribution in [2.45, 2.75) is 124 Å². The Hall–Kier alpha value is -6.88. The average molecular weight is 1060 g/mol. The SMILES string of the molecule is Brc1coc2ccccc12.CC(C)(C)c1ccc(Cc2cccc(Cc3ccc(C(C)(C)C)cc3)c2)cc1.CC(C)(C)c1ccc(Cc2cccc(N(c3ccc(C(C)(C)C)cc3)c3coc4ccccc34)c2)cc1. The molecule has 384 valence electrons. The first-order chi connectivity index (χ1) is 35.6. The van der Waals surface area contributed by atoms with Crippen LogP contribution in [0.2, 0.25) is 0 Å². The molecule has 0 bridgehead atoms. The molecule has 0 unspecified atom stereocenters. The van der Waals surface area contributed by atoms with E-state index in [4.69, 9.17) is 8.83 Å². The van der Waals surface area contributed by atoms with Crippen molar-refractivity contribution in [1.82, 2.24) is 0 Å². The van der Waals surface area contributed by atoms with Gasteiger partial charge < -0.3 is 13.7 Å². The Morgan fingerprint density at radius 3 is 1.12 bits per heavy atom. The summed E-state index contributed by atoms with van der Waals surface area (Å²) in [6.45, 7) is 27.1. The van der Waals surface area contributed by atoms with Gasteiger partial charge in [0, 0.05) is 22.1 Å². The number of benzene rings is 8. The van der Waals surface area contributed by atoms with Crippen molar-refractivity contribution in [3.8, 4) is 0 Å². The number of halogens is 1. The summed E-state index contributed by atoms with van der Waals surface area (Å²) in [6, 6.07) is 70.2. The van der Waals surface area contributed by atoms with Crippen LogP contribution in [0.5, 0.6) is 0 Å². The Morgan fingerprint density at radius 2 is 0.693 bits per heavy atom. The standard InChI is InChI=1S/C35H37NO.C28H34.C8H5BrO/c1-34(2,3)27-16-14-25(15-17-27)22-26-10-9-11-30(23-26)36(29-20-18-28(19-21-29)35(4,5)6)32-24-37-33-13-8-7-12-31(32)33;1-27(2,3)25-14-10-21(11-15-25)18-23-8-7-9-24(20-23)19-22-12-16-26(17-13-22)28(4,5)6;9-7-5-10-8-4-2-1-3-6(7)8/h7-21,23-24H,22H2,1-6H3;7-17,20H,18-19H2,1-6H3;1-5H. The van der Waals surface area contributed by atoms with E-state index in [0.29, 0.717) is 0 Å². The fourth-order valence-electron chi connectivity index (χ4n) is 9.35. The molecular weight excluding hydrogens is 979 g/mol. The molecule has 0 spiro atoms. The number of fused-ring (bicyclic) bond motifs is 2. The van der Waals surface area contributed by atoms with Gasteiger partial charge in [0.15, 0.2) is 0 Å². The molecule has 0 amide bonds. The lowest BCUT2D eigenvalue weighted by molar-refractivity contribution is 0.589. The van der Waals surface area contributed by atoms with E-state index in [9.17, 15) is 0 Å². The number of hydrogen-bond acceptors (Lipinski definition) is 3. The van der Waals surface area contributed by atoms with E-state index < -0.39 is 0 Å². The first kappa shape index (κ1) is 54.4. The third-order valence-corrected chi connectivity index (χ3v) is 14.6. The first-order valence-corrected chi connectivity index (χ1v) is 27.3. The van der Waals surface area contributed by atoms with E-state index in [2.05, 4.69) is 262 Å². The molecule has 2 heterocycles. The summed E-state index contributed by atoms with van der Waals surface area (Å²) in [7, 11) is 0. The number of furan rings is 2. The summed E-state index contributed by atoms with van der Waals surface area (Å²) in [6.07, 6.45) is 6.44. The molecule has 10 aromatic rings. The van der Waals surface area contributed by atoms with E-state index in [1.807, 2.05) is 42.7 Å². The van der Waals surface area contributed by atoms with E-state index in [0.717, 1.165) is 62.7 Å². The van der Waals surface area contributed by atoms with Crippen molar-refractivity contribution < 1.29 is 8.83 Å². The fraction of sp³-hybridized carbons (Fsp3) is 0.268. The van der Waals surface area contributed by atoms with Gasteiger partial charge >= 0.3 is 0 Å². The normalized spacial score (nSPS) is 12.0. The minimum Gasteiger partial charge on any atom is -0.463 e. The lowest BCUT2D eigenvalue weighted by atomic mass is 9.86. The highest BCUT2D eigenvalue weighted by Gasteiger charge is 2.21. The summed E-state index contributed by atoms with van der Waals surface area (Å²) < 4.78 is 12.2. The van der Waals surface area contributed by atoms with Gasteiger partial charge in [-0.25, -0.2) is 0 Å². The van der Waals surface area contributed by atoms with Crippen LogP contribution in [0.3, 0.4) is 0 Å². The molecule has 10 rings (SSSR count). The van der Waals surface area contributed by atoms with Gasteiger partial charge in [-0.3, -0.25) is 0 Å². The van der Waals surface area contributed by atoms with Crippen molar-refractivity contribution in [2.75, 3.05) is 4.90 Å². The molecule has 3 nitrogen and oxygen atoms in total. The summed E-state index contributed by atoms with van der Waals surface area (Å²) >= 11 is 3.37. The van der Waals surface area contributed by atoms with E-state index in [1.54, 1.807) is 6.26 Å². The van der Waals surface area contributed by atoms with Gasteiger partial charge in [0.25, 0.3) is 0 Å². The predicted molar refractivity (Wildman–Crippen MR) is 324 cm³/mol. The third-order valence-electron chi connectivity index (χ3n) is 14.0. The molecule has 4 heteroatoms. The highest BCUT2D eigenvalue weighted by atomic mass is 79.9. The van der Waals surface area contributed by atoms with E-state index in [-0.39, 0.29) is 21.7 Å². The number of para-hydroxylation sites is 2. The molecule has 0 saturated carbocycles. The maximum atomic E-state index is 5.97. The maximum absolute atomic E-state index is 5.97. The van der Waals surface area contributed by atoms with Gasteiger partial charge in [-0.05, 0) is 161 Å². The first-order valence-electron chi connectivity index (χ1n) is 26.5. The molecule has 75 heavy (non-hydrogen) atoms. The average Bonchev–Trinajstić information content (AvgIpc) is 3.97. The summed E-state index contributed by atoms with van der Waals surface area (Å²) in [5.74, 6) is 0. The molecule has 0 aliphatic carbocycles. The quantitative estimate of drug-likeness (QED) is 0.144. The van der Waals surface area contributed by atoms with Crippen molar-refractivity contribution >= 4 is 54.9 Å². The molecule has 0 aliphatic rings. The molecule has 0 atom stereocenters. The lowest BCUT2D eigenvalue weighted by Gasteiger charge is -2.26. The predicted octanol–water partition coefficient (Wildman–Crippen LogP) is 20.7. The number of anilines is 3. The summed E-state index contributed by atoms with van der Waals surface area (Å²) in [5.41, 5.74) is 19.4. The van der Waals surface area contributed by atoms with Crippen LogP contribution in [0, 0.1) is 0 Å². The zero-order chi connectivity index (χ0) is 53.5. The van der Waals surface area contributed by atoms with Crippen LogP contribution < -0.4 is 4.90 Å². The van der Waals surface area contributed by atoms with Crippen LogP contribution in [-0.4, -0.2) is 0 Å². The van der Waals surface area contributed by atoms with Gasteiger partial charge in [0.1, 0.15) is 23.7 Å². The van der Waals surface area contributed by atoms with Gasteiger partial charge in [-0.1, -0.05) is 229 Å². The number of rotatable bonds is 9. The van der Waals surface area contributed by atoms with Crippen LogP contribution in [-0.2, 0) is 40.9 Å². The highest BCUT2D eigenvalue weighted by Crippen LogP contribution is 2.41. The zero-order valence-electron chi connectivity index (χ0n) is 46.4. The van der Waals surface area contributed by atoms with Gasteiger partial charge in [0.2, 0.25) is 0 Å². The Bertz CT molecular complexity index is 3340. The van der Waals surface area contributed by atoms with Crippen LogP contribution in [0.1, 0.15) is 139 Å². The van der Waals surface area contributed by atoms with Crippen LogP contribution >= 0.6 is 15.9 Å². The molecule has 0 N–H and O–H groups in total. The van der Waals surface area contributed by atoms with Crippen LogP contribution in [0.25, 0.3) is 21.9 Å². The largest absolute Gasteiger partial charge is 0.463 e. The van der Waals surface area contributed by atoms with Crippen molar-refractivity contribution in [1.29, 1.82) is 0 Å². The zero-order valence-corrected chi connectivity index (χ0v) is 48.0. The maximum Gasteiger partial charge on any atom is 0.136 e. The van der Waals surface area contributed by atoms with Gasteiger partial charge in [-0.2, -0.15) is 0 Å². The summed E-state index contributed by atoms with van der Waals surface area (Å²) in [5, 5.41) is 2.23. The molecule has 0 aliphatic heterocycles. The van der Waals surface area contributed by atoms with E-state index >= 15 is 0 Å². The lowest BCUT2D eigenvalue weighted by Crippen LogP contribution is -2.13. The van der Waals surface area contributed by atoms with Gasteiger partial charge in [-0.15, -0.1) is 0 Å². The van der Waals surface area contributed by atoms with Crippen LogP contribution in [0.4, 0.5) is 17.1 Å². The molecular formula is C71H76BrNO2. The minimum atomic E-state index is 0.105. The molecule has 0 radical (unpaired) electrons. The number of hydrogen-bond donors (Lipinski definition) is 0. The third kappa shape index (κ3) is 14.3. The monoisotopic (exact) mass is 1050 g/mol. The molecule has 0 fully saturated rings. The van der Waals surface area contributed by atoms with Crippen LogP contribution in [0.15, 0.2) is 220 Å². The highest BCUT2D eigenvalue weighted by molar-refractivity contribution is 9.10. The molecule has 0 saturated heterocycles. The van der Waals surface area contributed by atoms with Crippen molar-refractivity contribution in [3.63, 3.8) is 0 Å². The summed E-state index contributed by atoms with van der Waals surface area (Å²) in [4.78, 5) is 2.31. The second-order valence-electron chi connectivity index (χ2n) is 24.2. The Morgan fingerprint density at radius 1 is 0.333 bits per heavy atom. The Balaban J connectivity index is 0.000000172. The topological polar surface area (TPSA) is 29.5 Å². The van der Waals surface area contributed by atoms with Crippen molar-refractivity contribution in [3.05, 3.63) is 267 Å². The Labute approximate surface area is 456 Å². The molecule has 8 aromatic carbocycles. The van der Waals surface area contributed by atoms with Gasteiger partial charge in [0.05, 0.1) is 10.2 Å². The van der Waals surface area contributed by atoms with E-state index in [1.165, 1.54) is 55.6 Å². The number of nitrogens with zero attached hydrogens (tertiary/aromatic N) is 1. The second-order valence-corrected chi connectivity index (χ2v) is 25.0.